The smallest absolute Gasteiger partial charge is 0.222 e. The number of rotatable bonds is 6. The molecule has 0 spiro atoms. The number of H-pyrrole nitrogens is 1. The monoisotopic (exact) mass is 344 g/mol. The van der Waals surface area contributed by atoms with Crippen molar-refractivity contribution in [2.24, 2.45) is 0 Å². The van der Waals surface area contributed by atoms with Crippen molar-refractivity contribution in [3.05, 3.63) is 53.6 Å². The van der Waals surface area contributed by atoms with Gasteiger partial charge in [-0.15, -0.1) is 0 Å². The molecule has 1 amide bonds. The van der Waals surface area contributed by atoms with Gasteiger partial charge >= 0.3 is 0 Å². The first-order chi connectivity index (χ1) is 12.2. The molecule has 2 heterocycles. The van der Waals surface area contributed by atoms with Crippen molar-refractivity contribution in [1.82, 2.24) is 20.0 Å². The van der Waals surface area contributed by atoms with Gasteiger partial charge in [0, 0.05) is 45.3 Å². The number of halogens is 1. The summed E-state index contributed by atoms with van der Waals surface area (Å²) in [6.07, 6.45) is 6.99. The fourth-order valence-corrected chi connectivity index (χ4v) is 3.24. The number of hydrogen-bond donors (Lipinski definition) is 1. The van der Waals surface area contributed by atoms with E-state index >= 15 is 0 Å². The molecule has 1 saturated heterocycles. The van der Waals surface area contributed by atoms with Crippen LogP contribution in [0.15, 0.2) is 36.7 Å². The Hall–Kier alpha value is -2.21. The van der Waals surface area contributed by atoms with Gasteiger partial charge in [0.2, 0.25) is 5.91 Å². The second-order valence-corrected chi connectivity index (χ2v) is 6.60. The zero-order valence-corrected chi connectivity index (χ0v) is 14.5. The molecule has 0 atom stereocenters. The van der Waals surface area contributed by atoms with Crippen LogP contribution in [0.25, 0.3) is 0 Å². The maximum atomic E-state index is 13.0. The second-order valence-electron chi connectivity index (χ2n) is 6.60. The highest BCUT2D eigenvalue weighted by molar-refractivity contribution is 5.76. The number of aromatic amines is 1. The number of hydrogen-bond acceptors (Lipinski definition) is 3. The van der Waals surface area contributed by atoms with Gasteiger partial charge in [-0.25, -0.2) is 4.39 Å². The van der Waals surface area contributed by atoms with E-state index in [0.29, 0.717) is 6.42 Å². The van der Waals surface area contributed by atoms with E-state index in [9.17, 15) is 9.18 Å². The minimum Gasteiger partial charge on any atom is -0.341 e. The minimum atomic E-state index is -0.202. The number of nitrogens with zero attached hydrogens (tertiary/aromatic N) is 3. The normalized spacial score (nSPS) is 16.0. The van der Waals surface area contributed by atoms with Crippen molar-refractivity contribution in [2.45, 2.75) is 32.2 Å². The number of carbonyl (C=O) groups is 1. The molecule has 0 aliphatic carbocycles. The summed E-state index contributed by atoms with van der Waals surface area (Å²) >= 11 is 0. The molecule has 1 fully saturated rings. The Balaban J connectivity index is 1.42. The molecule has 1 aromatic carbocycles. The average molecular weight is 344 g/mol. The van der Waals surface area contributed by atoms with Crippen LogP contribution in [0.3, 0.4) is 0 Å². The molecule has 2 aromatic rings. The third-order valence-electron chi connectivity index (χ3n) is 4.67. The van der Waals surface area contributed by atoms with E-state index in [2.05, 4.69) is 15.1 Å². The van der Waals surface area contributed by atoms with Gasteiger partial charge in [0.1, 0.15) is 5.82 Å². The molecule has 1 aliphatic heterocycles. The standard InChI is InChI=1S/C19H25FN4O/c20-18-7-5-16(6-8-18)15-23-9-2-10-24(12-11-23)19(25)4-1-3-17-13-21-22-14-17/h5-8,13-14H,1-4,9-12,15H2,(H,21,22). The highest BCUT2D eigenvalue weighted by Crippen LogP contribution is 2.12. The Labute approximate surface area is 147 Å². The lowest BCUT2D eigenvalue weighted by atomic mass is 10.1. The van der Waals surface area contributed by atoms with Crippen LogP contribution in [-0.4, -0.2) is 52.1 Å². The number of aromatic nitrogens is 2. The van der Waals surface area contributed by atoms with Crippen LogP contribution in [0.2, 0.25) is 0 Å². The zero-order valence-electron chi connectivity index (χ0n) is 14.5. The molecular formula is C19H25FN4O. The predicted octanol–water partition coefficient (Wildman–Crippen LogP) is 2.61. The molecule has 5 nitrogen and oxygen atoms in total. The van der Waals surface area contributed by atoms with E-state index in [-0.39, 0.29) is 11.7 Å². The van der Waals surface area contributed by atoms with Gasteiger partial charge in [0.05, 0.1) is 6.20 Å². The average Bonchev–Trinajstić information content (AvgIpc) is 3.02. The van der Waals surface area contributed by atoms with Gasteiger partial charge in [-0.1, -0.05) is 12.1 Å². The Morgan fingerprint density at radius 3 is 2.72 bits per heavy atom. The Kier molecular flexibility index (Phi) is 6.17. The maximum absolute atomic E-state index is 13.0. The number of carbonyl (C=O) groups excluding carboxylic acids is 1. The van der Waals surface area contributed by atoms with Crippen LogP contribution < -0.4 is 0 Å². The van der Waals surface area contributed by atoms with E-state index in [1.807, 2.05) is 29.4 Å². The third kappa shape index (κ3) is 5.39. The Bertz CT molecular complexity index is 657. The highest BCUT2D eigenvalue weighted by Gasteiger charge is 2.18. The van der Waals surface area contributed by atoms with Crippen molar-refractivity contribution in [1.29, 1.82) is 0 Å². The molecule has 1 aromatic heterocycles. The largest absolute Gasteiger partial charge is 0.341 e. The van der Waals surface area contributed by atoms with Gasteiger partial charge in [-0.05, 0) is 42.5 Å². The quantitative estimate of drug-likeness (QED) is 0.876. The number of nitrogens with one attached hydrogen (secondary N) is 1. The van der Waals surface area contributed by atoms with Crippen LogP contribution in [0.5, 0.6) is 0 Å². The van der Waals surface area contributed by atoms with Crippen molar-refractivity contribution in [3.63, 3.8) is 0 Å². The summed E-state index contributed by atoms with van der Waals surface area (Å²) < 4.78 is 13.0. The first kappa shape index (κ1) is 17.6. The molecule has 0 unspecified atom stereocenters. The number of aryl methyl sites for hydroxylation is 1. The molecule has 0 saturated carbocycles. The third-order valence-corrected chi connectivity index (χ3v) is 4.67. The number of amides is 1. The van der Waals surface area contributed by atoms with Crippen molar-refractivity contribution < 1.29 is 9.18 Å². The van der Waals surface area contributed by atoms with Crippen LogP contribution in [-0.2, 0) is 17.8 Å². The fourth-order valence-electron chi connectivity index (χ4n) is 3.24. The topological polar surface area (TPSA) is 52.2 Å². The molecule has 1 N–H and O–H groups in total. The number of benzene rings is 1. The van der Waals surface area contributed by atoms with Gasteiger partial charge in [-0.2, -0.15) is 5.10 Å². The lowest BCUT2D eigenvalue weighted by Crippen LogP contribution is -2.35. The van der Waals surface area contributed by atoms with E-state index in [1.54, 1.807) is 0 Å². The van der Waals surface area contributed by atoms with E-state index in [1.165, 1.54) is 12.1 Å². The van der Waals surface area contributed by atoms with Gasteiger partial charge < -0.3 is 4.90 Å². The molecule has 3 rings (SSSR count). The van der Waals surface area contributed by atoms with Crippen LogP contribution in [0.1, 0.15) is 30.4 Å². The van der Waals surface area contributed by atoms with E-state index in [4.69, 9.17) is 0 Å². The van der Waals surface area contributed by atoms with Gasteiger partial charge in [0.25, 0.3) is 0 Å². The van der Waals surface area contributed by atoms with E-state index < -0.39 is 0 Å². The molecule has 134 valence electrons. The lowest BCUT2D eigenvalue weighted by molar-refractivity contribution is -0.131. The summed E-state index contributed by atoms with van der Waals surface area (Å²) in [6.45, 7) is 4.24. The SMILES string of the molecule is O=C(CCCc1cn[nH]c1)N1CCCN(Cc2ccc(F)cc2)CC1. The molecule has 0 radical (unpaired) electrons. The highest BCUT2D eigenvalue weighted by atomic mass is 19.1. The molecule has 0 bridgehead atoms. The maximum Gasteiger partial charge on any atom is 0.222 e. The van der Waals surface area contributed by atoms with Crippen molar-refractivity contribution >= 4 is 5.91 Å². The van der Waals surface area contributed by atoms with Crippen LogP contribution in [0.4, 0.5) is 4.39 Å². The van der Waals surface area contributed by atoms with E-state index in [0.717, 1.165) is 63.1 Å². The molecular weight excluding hydrogens is 319 g/mol. The fraction of sp³-hybridized carbons (Fsp3) is 0.474. The Morgan fingerprint density at radius 2 is 1.96 bits per heavy atom. The van der Waals surface area contributed by atoms with Crippen molar-refractivity contribution in [3.8, 4) is 0 Å². The Morgan fingerprint density at radius 1 is 1.12 bits per heavy atom. The second kappa shape index (κ2) is 8.76. The first-order valence-electron chi connectivity index (χ1n) is 8.93. The van der Waals surface area contributed by atoms with Crippen LogP contribution in [0, 0.1) is 5.82 Å². The molecule has 6 heteroatoms. The van der Waals surface area contributed by atoms with Crippen LogP contribution >= 0.6 is 0 Å². The predicted molar refractivity (Wildman–Crippen MR) is 94.4 cm³/mol. The van der Waals surface area contributed by atoms with Gasteiger partial charge in [0.15, 0.2) is 0 Å². The summed E-state index contributed by atoms with van der Waals surface area (Å²) in [7, 11) is 0. The zero-order chi connectivity index (χ0) is 17.5. The first-order valence-corrected chi connectivity index (χ1v) is 8.93. The summed E-state index contributed by atoms with van der Waals surface area (Å²) in [5.41, 5.74) is 2.26. The summed E-state index contributed by atoms with van der Waals surface area (Å²) in [4.78, 5) is 16.7. The lowest BCUT2D eigenvalue weighted by Gasteiger charge is -2.22. The minimum absolute atomic E-state index is 0.202. The van der Waals surface area contributed by atoms with Crippen molar-refractivity contribution in [2.75, 3.05) is 26.2 Å². The summed E-state index contributed by atoms with van der Waals surface area (Å²) in [5, 5.41) is 6.72. The summed E-state index contributed by atoms with van der Waals surface area (Å²) in [6, 6.07) is 6.67. The molecule has 25 heavy (non-hydrogen) atoms. The summed E-state index contributed by atoms with van der Waals surface area (Å²) in [5.74, 6) is 0.0407. The van der Waals surface area contributed by atoms with Gasteiger partial charge in [-0.3, -0.25) is 14.8 Å². The molecule has 1 aliphatic rings.